The van der Waals surface area contributed by atoms with Crippen molar-refractivity contribution in [2.75, 3.05) is 0 Å². The molecule has 0 radical (unpaired) electrons. The van der Waals surface area contributed by atoms with E-state index in [1.54, 1.807) is 6.20 Å². The first-order valence-corrected chi connectivity index (χ1v) is 5.60. The number of aliphatic hydroxyl groups is 1. The molecule has 2 rings (SSSR count). The summed E-state index contributed by atoms with van der Waals surface area (Å²) in [6, 6.07) is 3.91. The minimum Gasteiger partial charge on any atom is -0.390 e. The maximum absolute atomic E-state index is 9.04. The van der Waals surface area contributed by atoms with E-state index in [0.29, 0.717) is 5.69 Å². The molecule has 0 amide bonds. The maximum Gasteiger partial charge on any atom is 0.0853 e. The molecule has 0 atom stereocenters. The first kappa shape index (κ1) is 10.6. The van der Waals surface area contributed by atoms with Gasteiger partial charge in [-0.15, -0.1) is 0 Å². The van der Waals surface area contributed by atoms with Gasteiger partial charge in [0.25, 0.3) is 0 Å². The second-order valence-electron chi connectivity index (χ2n) is 4.41. The first-order chi connectivity index (χ1) is 7.24. The van der Waals surface area contributed by atoms with Gasteiger partial charge in [-0.2, -0.15) is 0 Å². The van der Waals surface area contributed by atoms with Crippen LogP contribution in [0.1, 0.15) is 43.4 Å². The van der Waals surface area contributed by atoms with E-state index in [9.17, 15) is 0 Å². The predicted octanol–water partition coefficient (Wildman–Crippen LogP) is 1.69. The number of aromatic nitrogens is 1. The number of hydrogen-bond acceptors (Lipinski definition) is 3. The van der Waals surface area contributed by atoms with E-state index in [1.165, 1.54) is 19.3 Å². The Morgan fingerprint density at radius 2 is 2.07 bits per heavy atom. The standard InChI is InChI=1S/C12H18N2O/c13-12(5-2-1-3-6-12)10-4-7-14-11(8-10)9-15/h4,7-8,15H,1-3,5-6,9,13H2. The smallest absolute Gasteiger partial charge is 0.0853 e. The lowest BCUT2D eigenvalue weighted by Crippen LogP contribution is -2.38. The number of rotatable bonds is 2. The van der Waals surface area contributed by atoms with Crippen LogP contribution in [0.5, 0.6) is 0 Å². The summed E-state index contributed by atoms with van der Waals surface area (Å²) < 4.78 is 0. The highest BCUT2D eigenvalue weighted by Crippen LogP contribution is 2.34. The zero-order valence-corrected chi connectivity index (χ0v) is 8.95. The normalized spacial score (nSPS) is 20.1. The van der Waals surface area contributed by atoms with E-state index in [1.807, 2.05) is 12.1 Å². The first-order valence-electron chi connectivity index (χ1n) is 5.60. The predicted molar refractivity (Wildman–Crippen MR) is 59.1 cm³/mol. The van der Waals surface area contributed by atoms with Crippen molar-refractivity contribution in [3.05, 3.63) is 29.6 Å². The van der Waals surface area contributed by atoms with Gasteiger partial charge in [0.15, 0.2) is 0 Å². The lowest BCUT2D eigenvalue weighted by atomic mass is 9.77. The molecule has 0 bridgehead atoms. The highest BCUT2D eigenvalue weighted by Gasteiger charge is 2.29. The fourth-order valence-corrected chi connectivity index (χ4v) is 2.35. The molecule has 0 aromatic carbocycles. The SMILES string of the molecule is NC1(c2ccnc(CO)c2)CCCCC1. The summed E-state index contributed by atoms with van der Waals surface area (Å²) in [4.78, 5) is 4.08. The van der Waals surface area contributed by atoms with Gasteiger partial charge in [0, 0.05) is 11.7 Å². The fraction of sp³-hybridized carbons (Fsp3) is 0.583. The number of hydrogen-bond donors (Lipinski definition) is 2. The second-order valence-corrected chi connectivity index (χ2v) is 4.41. The summed E-state index contributed by atoms with van der Waals surface area (Å²) in [5, 5.41) is 9.04. The molecule has 1 aliphatic carbocycles. The summed E-state index contributed by atoms with van der Waals surface area (Å²) in [5.41, 5.74) is 8.04. The molecule has 1 heterocycles. The Balaban J connectivity index is 2.26. The van der Waals surface area contributed by atoms with Crippen LogP contribution >= 0.6 is 0 Å². The van der Waals surface area contributed by atoms with E-state index in [-0.39, 0.29) is 12.1 Å². The summed E-state index contributed by atoms with van der Waals surface area (Å²) in [6.07, 6.45) is 7.52. The van der Waals surface area contributed by atoms with E-state index in [2.05, 4.69) is 4.98 Å². The average molecular weight is 206 g/mol. The minimum absolute atomic E-state index is 0.0100. The highest BCUT2D eigenvalue weighted by atomic mass is 16.3. The molecule has 0 unspecified atom stereocenters. The Bertz CT molecular complexity index is 332. The van der Waals surface area contributed by atoms with Gasteiger partial charge in [-0.1, -0.05) is 19.3 Å². The van der Waals surface area contributed by atoms with Crippen molar-refractivity contribution in [2.45, 2.75) is 44.2 Å². The van der Waals surface area contributed by atoms with Crippen LogP contribution in [-0.4, -0.2) is 10.1 Å². The molecule has 1 saturated carbocycles. The van der Waals surface area contributed by atoms with Crippen LogP contribution in [0, 0.1) is 0 Å². The van der Waals surface area contributed by atoms with Gasteiger partial charge in [0.2, 0.25) is 0 Å². The van der Waals surface area contributed by atoms with Crippen molar-refractivity contribution in [1.82, 2.24) is 4.98 Å². The largest absolute Gasteiger partial charge is 0.390 e. The summed E-state index contributed by atoms with van der Waals surface area (Å²) >= 11 is 0. The van der Waals surface area contributed by atoms with Crippen LogP contribution in [0.15, 0.2) is 18.3 Å². The van der Waals surface area contributed by atoms with Gasteiger partial charge in [0.1, 0.15) is 0 Å². The number of aliphatic hydroxyl groups excluding tert-OH is 1. The lowest BCUT2D eigenvalue weighted by Gasteiger charge is -2.34. The molecule has 3 heteroatoms. The van der Waals surface area contributed by atoms with Crippen LogP contribution in [-0.2, 0) is 12.1 Å². The molecule has 0 spiro atoms. The van der Waals surface area contributed by atoms with Gasteiger partial charge in [-0.05, 0) is 30.5 Å². The van der Waals surface area contributed by atoms with E-state index in [4.69, 9.17) is 10.8 Å². The monoisotopic (exact) mass is 206 g/mol. The van der Waals surface area contributed by atoms with E-state index < -0.39 is 0 Å². The van der Waals surface area contributed by atoms with Crippen LogP contribution in [0.2, 0.25) is 0 Å². The maximum atomic E-state index is 9.04. The fourth-order valence-electron chi connectivity index (χ4n) is 2.35. The minimum atomic E-state index is -0.189. The van der Waals surface area contributed by atoms with E-state index in [0.717, 1.165) is 18.4 Å². The van der Waals surface area contributed by atoms with Gasteiger partial charge >= 0.3 is 0 Å². The third kappa shape index (κ3) is 2.19. The average Bonchev–Trinajstić information content (AvgIpc) is 2.30. The molecule has 0 saturated heterocycles. The quantitative estimate of drug-likeness (QED) is 0.774. The van der Waals surface area contributed by atoms with Crippen LogP contribution < -0.4 is 5.73 Å². The molecular formula is C12H18N2O. The third-order valence-electron chi connectivity index (χ3n) is 3.30. The molecular weight excluding hydrogens is 188 g/mol. The Labute approximate surface area is 90.3 Å². The van der Waals surface area contributed by atoms with Gasteiger partial charge in [-0.25, -0.2) is 0 Å². The van der Waals surface area contributed by atoms with Crippen molar-refractivity contribution in [3.63, 3.8) is 0 Å². The molecule has 82 valence electrons. The molecule has 1 aromatic heterocycles. The molecule has 1 aromatic rings. The van der Waals surface area contributed by atoms with E-state index >= 15 is 0 Å². The highest BCUT2D eigenvalue weighted by molar-refractivity contribution is 5.25. The second kappa shape index (κ2) is 4.29. The molecule has 0 aliphatic heterocycles. The summed E-state index contributed by atoms with van der Waals surface area (Å²) in [7, 11) is 0. The van der Waals surface area contributed by atoms with Crippen molar-refractivity contribution < 1.29 is 5.11 Å². The van der Waals surface area contributed by atoms with Crippen molar-refractivity contribution >= 4 is 0 Å². The van der Waals surface area contributed by atoms with Crippen LogP contribution in [0.25, 0.3) is 0 Å². The molecule has 15 heavy (non-hydrogen) atoms. The molecule has 3 nitrogen and oxygen atoms in total. The van der Waals surface area contributed by atoms with Gasteiger partial charge in [0.05, 0.1) is 12.3 Å². The Kier molecular flexibility index (Phi) is 3.03. The Morgan fingerprint density at radius 1 is 1.33 bits per heavy atom. The topological polar surface area (TPSA) is 59.1 Å². The zero-order valence-electron chi connectivity index (χ0n) is 8.95. The lowest BCUT2D eigenvalue weighted by molar-refractivity contribution is 0.274. The van der Waals surface area contributed by atoms with Crippen LogP contribution in [0.4, 0.5) is 0 Å². The molecule has 3 N–H and O–H groups in total. The third-order valence-corrected chi connectivity index (χ3v) is 3.30. The Hall–Kier alpha value is -0.930. The van der Waals surface area contributed by atoms with Gasteiger partial charge in [-0.3, -0.25) is 4.98 Å². The van der Waals surface area contributed by atoms with Crippen LogP contribution in [0.3, 0.4) is 0 Å². The zero-order chi connectivity index (χ0) is 10.7. The molecule has 1 fully saturated rings. The van der Waals surface area contributed by atoms with Crippen molar-refractivity contribution in [3.8, 4) is 0 Å². The number of nitrogens with two attached hydrogens (primary N) is 1. The Morgan fingerprint density at radius 3 is 2.73 bits per heavy atom. The van der Waals surface area contributed by atoms with Crippen molar-refractivity contribution in [2.24, 2.45) is 5.73 Å². The summed E-state index contributed by atoms with van der Waals surface area (Å²) in [6.45, 7) is -0.0100. The number of nitrogens with zero attached hydrogens (tertiary/aromatic N) is 1. The number of pyridine rings is 1. The molecule has 1 aliphatic rings. The summed E-state index contributed by atoms with van der Waals surface area (Å²) in [5.74, 6) is 0. The van der Waals surface area contributed by atoms with Gasteiger partial charge < -0.3 is 10.8 Å². The van der Waals surface area contributed by atoms with Crippen molar-refractivity contribution in [1.29, 1.82) is 0 Å².